The molecule has 0 unspecified atom stereocenters. The summed E-state index contributed by atoms with van der Waals surface area (Å²) < 4.78 is 7.36. The van der Waals surface area contributed by atoms with Gasteiger partial charge in [0.05, 0.1) is 5.52 Å². The third-order valence-corrected chi connectivity index (χ3v) is 6.86. The van der Waals surface area contributed by atoms with Gasteiger partial charge >= 0.3 is 12.1 Å². The molecular weight excluding hydrogens is 470 g/mol. The molecule has 37 heavy (non-hydrogen) atoms. The van der Waals surface area contributed by atoms with Crippen LogP contribution in [0.3, 0.4) is 0 Å². The van der Waals surface area contributed by atoms with Gasteiger partial charge in [0.1, 0.15) is 11.4 Å². The molecule has 1 saturated heterocycles. The normalized spacial score (nSPS) is 17.8. The number of carbonyl (C=O) groups excluding carboxylic acids is 2. The molecule has 0 saturated carbocycles. The zero-order chi connectivity index (χ0) is 26.5. The van der Waals surface area contributed by atoms with Gasteiger partial charge in [-0.3, -0.25) is 9.58 Å². The first kappa shape index (κ1) is 24.9. The van der Waals surface area contributed by atoms with Gasteiger partial charge < -0.3 is 19.9 Å². The Morgan fingerprint density at radius 1 is 1.16 bits per heavy atom. The maximum atomic E-state index is 13.3. The first-order chi connectivity index (χ1) is 17.5. The topological polar surface area (TPSA) is 95.8 Å². The summed E-state index contributed by atoms with van der Waals surface area (Å²) in [5.74, 6) is 0.691. The summed E-state index contributed by atoms with van der Waals surface area (Å²) in [6, 6.07) is 5.70. The van der Waals surface area contributed by atoms with E-state index in [1.54, 1.807) is 20.7 Å². The lowest BCUT2D eigenvalue weighted by molar-refractivity contribution is 0.0159. The van der Waals surface area contributed by atoms with E-state index < -0.39 is 5.60 Å². The number of pyridine rings is 1. The number of anilines is 3. The molecule has 2 aliphatic rings. The molecule has 10 heteroatoms. The van der Waals surface area contributed by atoms with Gasteiger partial charge in [0.2, 0.25) is 0 Å². The van der Waals surface area contributed by atoms with E-state index in [9.17, 15) is 9.59 Å². The fourth-order valence-electron chi connectivity index (χ4n) is 5.23. The van der Waals surface area contributed by atoms with Gasteiger partial charge in [0, 0.05) is 74.0 Å². The molecule has 5 rings (SSSR count). The van der Waals surface area contributed by atoms with Gasteiger partial charge in [0.25, 0.3) is 0 Å². The van der Waals surface area contributed by atoms with Crippen LogP contribution in [0, 0.1) is 6.92 Å². The number of fused-ring (bicyclic) bond motifs is 2. The lowest BCUT2D eigenvalue weighted by Crippen LogP contribution is -2.55. The molecule has 2 aliphatic heterocycles. The fraction of sp³-hybridized carbons (Fsp3) is 0.481. The van der Waals surface area contributed by atoms with Crippen molar-refractivity contribution in [2.75, 3.05) is 41.3 Å². The van der Waals surface area contributed by atoms with Crippen molar-refractivity contribution in [1.82, 2.24) is 19.7 Å². The predicted octanol–water partition coefficient (Wildman–Crippen LogP) is 4.32. The number of aromatic nitrogens is 3. The quantitative estimate of drug-likeness (QED) is 0.557. The molecule has 2 aromatic heterocycles. The minimum Gasteiger partial charge on any atom is -0.444 e. The van der Waals surface area contributed by atoms with Crippen molar-refractivity contribution in [3.05, 3.63) is 41.7 Å². The average Bonchev–Trinajstić information content (AvgIpc) is 3.41. The van der Waals surface area contributed by atoms with E-state index in [4.69, 9.17) is 4.74 Å². The van der Waals surface area contributed by atoms with Crippen LogP contribution in [0.25, 0.3) is 10.9 Å². The van der Waals surface area contributed by atoms with Crippen molar-refractivity contribution in [3.8, 4) is 0 Å². The van der Waals surface area contributed by atoms with Crippen molar-refractivity contribution in [2.24, 2.45) is 7.05 Å². The highest BCUT2D eigenvalue weighted by Gasteiger charge is 2.34. The summed E-state index contributed by atoms with van der Waals surface area (Å²) in [4.78, 5) is 36.3. The summed E-state index contributed by atoms with van der Waals surface area (Å²) in [7, 11) is 1.89. The van der Waals surface area contributed by atoms with Gasteiger partial charge in [0.15, 0.2) is 0 Å². The van der Waals surface area contributed by atoms with Crippen LogP contribution in [0.5, 0.6) is 0 Å². The van der Waals surface area contributed by atoms with Crippen LogP contribution in [-0.2, 0) is 18.2 Å². The second kappa shape index (κ2) is 9.24. The first-order valence-corrected chi connectivity index (χ1v) is 12.7. The Morgan fingerprint density at radius 3 is 2.68 bits per heavy atom. The van der Waals surface area contributed by atoms with Crippen LogP contribution in [0.4, 0.5) is 26.8 Å². The number of nitrogens with zero attached hydrogens (tertiary/aromatic N) is 6. The Bertz CT molecular complexity index is 1360. The molecule has 1 aromatic carbocycles. The third kappa shape index (κ3) is 4.92. The standard InChI is InChI=1S/C27H35N7O3/c1-17-13-20(14-19-16-31(6)30-23(17)19)29-25(35)34-10-8-21-22(7-9-28-24(21)34)32-11-12-33(18(2)15-32)26(36)37-27(3,4)5/h7,9,13-14,16,18H,8,10-12,15H2,1-6H3,(H,29,35)/t18-/m0/s1. The maximum absolute atomic E-state index is 13.3. The Hall–Kier alpha value is -3.82. The van der Waals surface area contributed by atoms with Gasteiger partial charge in [-0.25, -0.2) is 14.6 Å². The third-order valence-electron chi connectivity index (χ3n) is 6.86. The van der Waals surface area contributed by atoms with Crippen LogP contribution in [0.15, 0.2) is 30.6 Å². The van der Waals surface area contributed by atoms with E-state index >= 15 is 0 Å². The Labute approximate surface area is 217 Å². The summed E-state index contributed by atoms with van der Waals surface area (Å²) in [5, 5.41) is 8.51. The highest BCUT2D eigenvalue weighted by Crippen LogP contribution is 2.35. The minimum atomic E-state index is -0.522. The van der Waals surface area contributed by atoms with E-state index in [2.05, 4.69) is 20.3 Å². The molecule has 1 fully saturated rings. The van der Waals surface area contributed by atoms with E-state index in [1.165, 1.54) is 0 Å². The smallest absolute Gasteiger partial charge is 0.410 e. The zero-order valence-electron chi connectivity index (χ0n) is 22.4. The molecule has 1 atom stereocenters. The zero-order valence-corrected chi connectivity index (χ0v) is 22.4. The maximum Gasteiger partial charge on any atom is 0.410 e. The van der Waals surface area contributed by atoms with Crippen LogP contribution in [0.1, 0.15) is 38.8 Å². The molecule has 10 nitrogen and oxygen atoms in total. The van der Waals surface area contributed by atoms with Crippen molar-refractivity contribution in [2.45, 2.75) is 52.7 Å². The predicted molar refractivity (Wildman–Crippen MR) is 144 cm³/mol. The number of amides is 3. The van der Waals surface area contributed by atoms with Crippen molar-refractivity contribution < 1.29 is 14.3 Å². The number of nitrogens with one attached hydrogen (secondary N) is 1. The van der Waals surface area contributed by atoms with Gasteiger partial charge in [-0.05, 0) is 64.8 Å². The summed E-state index contributed by atoms with van der Waals surface area (Å²) >= 11 is 0. The fourth-order valence-corrected chi connectivity index (χ4v) is 5.23. The Morgan fingerprint density at radius 2 is 1.95 bits per heavy atom. The molecule has 1 N–H and O–H groups in total. The summed E-state index contributed by atoms with van der Waals surface area (Å²) in [5.41, 5.74) is 4.29. The second-order valence-electron chi connectivity index (χ2n) is 11.0. The average molecular weight is 506 g/mol. The largest absolute Gasteiger partial charge is 0.444 e. The molecule has 0 bridgehead atoms. The molecule has 0 radical (unpaired) electrons. The number of hydrogen-bond acceptors (Lipinski definition) is 6. The van der Waals surface area contributed by atoms with Crippen LogP contribution < -0.4 is 15.1 Å². The number of piperazine rings is 1. The van der Waals surface area contributed by atoms with Crippen LogP contribution >= 0.6 is 0 Å². The van der Waals surface area contributed by atoms with Crippen LogP contribution in [0.2, 0.25) is 0 Å². The molecule has 3 aromatic rings. The van der Waals surface area contributed by atoms with Crippen LogP contribution in [-0.4, -0.2) is 69.6 Å². The van der Waals surface area contributed by atoms with Crippen molar-refractivity contribution in [3.63, 3.8) is 0 Å². The number of urea groups is 1. The Balaban J connectivity index is 1.31. The lowest BCUT2D eigenvalue weighted by Gasteiger charge is -2.41. The molecule has 3 amide bonds. The highest BCUT2D eigenvalue weighted by atomic mass is 16.6. The number of benzene rings is 1. The van der Waals surface area contributed by atoms with E-state index in [0.29, 0.717) is 32.0 Å². The lowest BCUT2D eigenvalue weighted by atomic mass is 10.1. The summed E-state index contributed by atoms with van der Waals surface area (Å²) in [6.07, 6.45) is 4.16. The SMILES string of the molecule is Cc1cc(NC(=O)N2CCc3c(N4CCN(C(=O)OC(C)(C)C)[C@@H](C)C4)ccnc32)cc2cn(C)nc12. The second-order valence-corrected chi connectivity index (χ2v) is 11.0. The van der Waals surface area contributed by atoms with Gasteiger partial charge in [-0.2, -0.15) is 5.10 Å². The highest BCUT2D eigenvalue weighted by molar-refractivity contribution is 6.04. The number of hydrogen-bond donors (Lipinski definition) is 1. The van der Waals surface area contributed by atoms with Gasteiger partial charge in [-0.1, -0.05) is 0 Å². The van der Waals surface area contributed by atoms with E-state index in [-0.39, 0.29) is 18.2 Å². The molecule has 0 spiro atoms. The van der Waals surface area contributed by atoms with Crippen molar-refractivity contribution >= 4 is 40.2 Å². The molecular formula is C27H35N7O3. The molecule has 196 valence electrons. The number of carbonyl (C=O) groups is 2. The first-order valence-electron chi connectivity index (χ1n) is 12.7. The monoisotopic (exact) mass is 505 g/mol. The van der Waals surface area contributed by atoms with Gasteiger partial charge in [-0.15, -0.1) is 0 Å². The number of ether oxygens (including phenoxy) is 1. The minimum absolute atomic E-state index is 0.00106. The molecule has 0 aliphatic carbocycles. The van der Waals surface area contributed by atoms with E-state index in [1.807, 2.05) is 66.1 Å². The number of aryl methyl sites for hydroxylation is 2. The number of rotatable bonds is 2. The summed E-state index contributed by atoms with van der Waals surface area (Å²) in [6.45, 7) is 12.2. The Kier molecular flexibility index (Phi) is 6.21. The molecule has 4 heterocycles. The van der Waals surface area contributed by atoms with Crippen molar-refractivity contribution in [1.29, 1.82) is 0 Å². The van der Waals surface area contributed by atoms with E-state index in [0.717, 1.165) is 39.8 Å².